The van der Waals surface area contributed by atoms with Crippen LogP contribution in [0.4, 0.5) is 4.39 Å². The van der Waals surface area contributed by atoms with Gasteiger partial charge in [-0.15, -0.1) is 0 Å². The van der Waals surface area contributed by atoms with Crippen molar-refractivity contribution in [2.75, 3.05) is 13.1 Å². The molecule has 1 aliphatic heterocycles. The average Bonchev–Trinajstić information content (AvgIpc) is 2.08. The van der Waals surface area contributed by atoms with Crippen LogP contribution in [0.25, 0.3) is 0 Å². The molecular weight excluding hydrogens is 117 g/mol. The minimum absolute atomic E-state index is 0.234. The predicted octanol–water partition coefficient (Wildman–Crippen LogP) is 1.34. The Morgan fingerprint density at radius 1 is 1.56 bits per heavy atom. The molecule has 2 heteroatoms. The molecule has 1 nitrogen and oxygen atoms in total. The lowest BCUT2D eigenvalue weighted by Gasteiger charge is -2.20. The third kappa shape index (κ3) is 1.65. The molecule has 0 radical (unpaired) electrons. The van der Waals surface area contributed by atoms with Crippen LogP contribution in [-0.4, -0.2) is 18.8 Å². The van der Waals surface area contributed by atoms with E-state index in [0.29, 0.717) is 0 Å². The number of alkyl halides is 1. The van der Waals surface area contributed by atoms with Gasteiger partial charge in [-0.3, -0.25) is 0 Å². The highest BCUT2D eigenvalue weighted by atomic mass is 19.1. The lowest BCUT2D eigenvalue weighted by molar-refractivity contribution is 0.136. The van der Waals surface area contributed by atoms with E-state index in [-0.39, 0.29) is 5.92 Å². The van der Waals surface area contributed by atoms with E-state index in [9.17, 15) is 4.39 Å². The van der Waals surface area contributed by atoms with Crippen LogP contribution in [0.15, 0.2) is 0 Å². The van der Waals surface area contributed by atoms with E-state index in [4.69, 9.17) is 0 Å². The molecule has 1 saturated heterocycles. The Balaban J connectivity index is 2.42. The molecule has 1 aliphatic rings. The Morgan fingerprint density at radius 2 is 2.22 bits per heavy atom. The fraction of sp³-hybridized carbons (Fsp3) is 1.00. The molecule has 1 heterocycles. The van der Waals surface area contributed by atoms with Gasteiger partial charge in [-0.25, -0.2) is 4.39 Å². The van der Waals surface area contributed by atoms with Gasteiger partial charge in [0.1, 0.15) is 5.67 Å². The van der Waals surface area contributed by atoms with E-state index in [1.807, 2.05) is 0 Å². The maximum atomic E-state index is 13.1. The maximum Gasteiger partial charge on any atom is 0.109 e. The average molecular weight is 131 g/mol. The number of rotatable bonds is 1. The third-order valence-corrected chi connectivity index (χ3v) is 2.03. The zero-order valence-electron chi connectivity index (χ0n) is 6.08. The van der Waals surface area contributed by atoms with Gasteiger partial charge in [0, 0.05) is 12.5 Å². The first-order chi connectivity index (χ1) is 4.11. The largest absolute Gasteiger partial charge is 0.316 e. The third-order valence-electron chi connectivity index (χ3n) is 2.03. The summed E-state index contributed by atoms with van der Waals surface area (Å²) in [7, 11) is 0. The molecule has 0 amide bonds. The number of halogens is 1. The first kappa shape index (κ1) is 7.00. The zero-order valence-corrected chi connectivity index (χ0v) is 6.08. The van der Waals surface area contributed by atoms with E-state index in [1.54, 1.807) is 13.8 Å². The molecule has 0 aliphatic carbocycles. The molecule has 1 unspecified atom stereocenters. The van der Waals surface area contributed by atoms with E-state index in [2.05, 4.69) is 5.32 Å². The van der Waals surface area contributed by atoms with E-state index in [1.165, 1.54) is 0 Å². The van der Waals surface area contributed by atoms with Crippen molar-refractivity contribution in [3.05, 3.63) is 0 Å². The Kier molecular flexibility index (Phi) is 1.75. The first-order valence-corrected chi connectivity index (χ1v) is 3.50. The summed E-state index contributed by atoms with van der Waals surface area (Å²) in [6.07, 6.45) is 0.990. The second-order valence-corrected chi connectivity index (χ2v) is 3.25. The Bertz CT molecular complexity index is 89.6. The van der Waals surface area contributed by atoms with Gasteiger partial charge in [-0.1, -0.05) is 0 Å². The van der Waals surface area contributed by atoms with Crippen molar-refractivity contribution < 1.29 is 4.39 Å². The summed E-state index contributed by atoms with van der Waals surface area (Å²) < 4.78 is 13.1. The van der Waals surface area contributed by atoms with Crippen LogP contribution in [0.2, 0.25) is 0 Å². The fourth-order valence-corrected chi connectivity index (χ4v) is 1.24. The standard InChI is InChI=1S/C7H14FN/c1-7(2,8)6-3-4-9-5-6/h6,9H,3-5H2,1-2H3. The van der Waals surface area contributed by atoms with Crippen LogP contribution < -0.4 is 5.32 Å². The summed E-state index contributed by atoms with van der Waals surface area (Å²) in [4.78, 5) is 0. The SMILES string of the molecule is CC(C)(F)C1CCNC1. The van der Waals surface area contributed by atoms with Gasteiger partial charge in [0.2, 0.25) is 0 Å². The molecule has 0 aromatic heterocycles. The van der Waals surface area contributed by atoms with Crippen LogP contribution in [0.3, 0.4) is 0 Å². The number of hydrogen-bond donors (Lipinski definition) is 1. The summed E-state index contributed by atoms with van der Waals surface area (Å²) >= 11 is 0. The number of hydrogen-bond acceptors (Lipinski definition) is 1. The summed E-state index contributed by atoms with van der Waals surface area (Å²) in [5, 5.41) is 3.14. The van der Waals surface area contributed by atoms with Crippen LogP contribution in [0.1, 0.15) is 20.3 Å². The van der Waals surface area contributed by atoms with Crippen LogP contribution >= 0.6 is 0 Å². The summed E-state index contributed by atoms with van der Waals surface area (Å²) in [6, 6.07) is 0. The second kappa shape index (κ2) is 2.25. The van der Waals surface area contributed by atoms with Gasteiger partial charge in [-0.2, -0.15) is 0 Å². The smallest absolute Gasteiger partial charge is 0.109 e. The highest BCUT2D eigenvalue weighted by Gasteiger charge is 2.30. The predicted molar refractivity (Wildman–Crippen MR) is 36.2 cm³/mol. The minimum atomic E-state index is -0.983. The highest BCUT2D eigenvalue weighted by molar-refractivity contribution is 4.84. The monoisotopic (exact) mass is 131 g/mol. The van der Waals surface area contributed by atoms with Crippen molar-refractivity contribution >= 4 is 0 Å². The van der Waals surface area contributed by atoms with Crippen molar-refractivity contribution in [3.8, 4) is 0 Å². The fourth-order valence-electron chi connectivity index (χ4n) is 1.24. The Hall–Kier alpha value is -0.110. The first-order valence-electron chi connectivity index (χ1n) is 3.50. The molecule has 54 valence electrons. The van der Waals surface area contributed by atoms with Crippen LogP contribution in [-0.2, 0) is 0 Å². The molecule has 9 heavy (non-hydrogen) atoms. The number of nitrogens with one attached hydrogen (secondary N) is 1. The molecule has 1 N–H and O–H groups in total. The molecule has 1 atom stereocenters. The molecule has 1 rings (SSSR count). The van der Waals surface area contributed by atoms with Gasteiger partial charge in [-0.05, 0) is 26.8 Å². The lowest BCUT2D eigenvalue weighted by atomic mass is 9.92. The van der Waals surface area contributed by atoms with Crippen LogP contribution in [0, 0.1) is 5.92 Å². The van der Waals surface area contributed by atoms with Gasteiger partial charge in [0.15, 0.2) is 0 Å². The molecule has 0 aromatic carbocycles. The molecule has 0 saturated carbocycles. The minimum Gasteiger partial charge on any atom is -0.316 e. The Morgan fingerprint density at radius 3 is 2.44 bits per heavy atom. The molecule has 0 spiro atoms. The van der Waals surface area contributed by atoms with Crippen molar-refractivity contribution in [2.45, 2.75) is 25.9 Å². The van der Waals surface area contributed by atoms with E-state index < -0.39 is 5.67 Å². The summed E-state index contributed by atoms with van der Waals surface area (Å²) in [5.74, 6) is 0.234. The van der Waals surface area contributed by atoms with E-state index in [0.717, 1.165) is 19.5 Å². The molecule has 0 bridgehead atoms. The van der Waals surface area contributed by atoms with Crippen molar-refractivity contribution in [3.63, 3.8) is 0 Å². The topological polar surface area (TPSA) is 12.0 Å². The molecular formula is C7H14FN. The summed E-state index contributed by atoms with van der Waals surface area (Å²) in [6.45, 7) is 5.15. The Labute approximate surface area is 55.6 Å². The molecule has 1 fully saturated rings. The quantitative estimate of drug-likeness (QED) is 0.566. The van der Waals surface area contributed by atoms with Gasteiger partial charge in [0.05, 0.1) is 0 Å². The molecule has 0 aromatic rings. The summed E-state index contributed by atoms with van der Waals surface area (Å²) in [5.41, 5.74) is -0.983. The normalized spacial score (nSPS) is 29.0. The van der Waals surface area contributed by atoms with Crippen LogP contribution in [0.5, 0.6) is 0 Å². The van der Waals surface area contributed by atoms with E-state index >= 15 is 0 Å². The lowest BCUT2D eigenvalue weighted by Crippen LogP contribution is -2.27. The second-order valence-electron chi connectivity index (χ2n) is 3.25. The van der Waals surface area contributed by atoms with Gasteiger partial charge in [0.25, 0.3) is 0 Å². The van der Waals surface area contributed by atoms with Gasteiger partial charge >= 0.3 is 0 Å². The van der Waals surface area contributed by atoms with Gasteiger partial charge < -0.3 is 5.32 Å². The maximum absolute atomic E-state index is 13.1. The highest BCUT2D eigenvalue weighted by Crippen LogP contribution is 2.25. The zero-order chi connectivity index (χ0) is 6.91. The van der Waals surface area contributed by atoms with Crippen molar-refractivity contribution in [2.24, 2.45) is 5.92 Å². The van der Waals surface area contributed by atoms with Crippen molar-refractivity contribution in [1.29, 1.82) is 0 Å². The van der Waals surface area contributed by atoms with Crippen molar-refractivity contribution in [1.82, 2.24) is 5.32 Å².